The van der Waals surface area contributed by atoms with Crippen LogP contribution < -0.4 is 15.4 Å². The second-order valence-electron chi connectivity index (χ2n) is 6.22. The summed E-state index contributed by atoms with van der Waals surface area (Å²) < 4.78 is 5.96. The average molecular weight is 338 g/mol. The van der Waals surface area contributed by atoms with Crippen molar-refractivity contribution in [2.45, 2.75) is 25.8 Å². The molecule has 0 bridgehead atoms. The molecule has 2 aromatic carbocycles. The lowest BCUT2D eigenvalue weighted by atomic mass is 9.97. The second kappa shape index (κ2) is 7.83. The fourth-order valence-electron chi connectivity index (χ4n) is 2.91. The number of benzene rings is 2. The molecule has 0 aromatic heterocycles. The lowest BCUT2D eigenvalue weighted by Crippen LogP contribution is -2.43. The Morgan fingerprint density at radius 3 is 2.60 bits per heavy atom. The first-order valence-corrected chi connectivity index (χ1v) is 8.52. The molecule has 1 aliphatic heterocycles. The van der Waals surface area contributed by atoms with Gasteiger partial charge in [0.15, 0.2) is 0 Å². The summed E-state index contributed by atoms with van der Waals surface area (Å²) in [7, 11) is 0. The van der Waals surface area contributed by atoms with Gasteiger partial charge in [-0.2, -0.15) is 0 Å². The van der Waals surface area contributed by atoms with E-state index < -0.39 is 0 Å². The number of amides is 2. The van der Waals surface area contributed by atoms with Gasteiger partial charge in [0, 0.05) is 18.5 Å². The van der Waals surface area contributed by atoms with Crippen LogP contribution in [0.3, 0.4) is 0 Å². The molecule has 0 aliphatic carbocycles. The van der Waals surface area contributed by atoms with Gasteiger partial charge in [-0.05, 0) is 31.5 Å². The first-order valence-electron chi connectivity index (χ1n) is 8.52. The summed E-state index contributed by atoms with van der Waals surface area (Å²) in [6.07, 6.45) is 0.993. The highest BCUT2D eigenvalue weighted by atomic mass is 16.5. The normalized spacial score (nSPS) is 18.1. The van der Waals surface area contributed by atoms with Crippen molar-refractivity contribution in [2.24, 2.45) is 5.92 Å². The van der Waals surface area contributed by atoms with Crippen LogP contribution >= 0.6 is 0 Å². The van der Waals surface area contributed by atoms with Gasteiger partial charge in [0.2, 0.25) is 11.8 Å². The lowest BCUT2D eigenvalue weighted by Gasteiger charge is -2.24. The number of piperidine rings is 1. The van der Waals surface area contributed by atoms with E-state index in [1.165, 1.54) is 0 Å². The van der Waals surface area contributed by atoms with Gasteiger partial charge in [0.25, 0.3) is 0 Å². The largest absolute Gasteiger partial charge is 0.457 e. The second-order valence-corrected chi connectivity index (χ2v) is 6.22. The Morgan fingerprint density at radius 1 is 1.16 bits per heavy atom. The van der Waals surface area contributed by atoms with Crippen LogP contribution in [0, 0.1) is 5.92 Å². The first kappa shape index (κ1) is 17.0. The Morgan fingerprint density at radius 2 is 1.88 bits per heavy atom. The number of nitrogens with one attached hydrogen (secondary N) is 2. The summed E-state index contributed by atoms with van der Waals surface area (Å²) in [4.78, 5) is 23.7. The van der Waals surface area contributed by atoms with Crippen LogP contribution in [-0.4, -0.2) is 18.4 Å². The van der Waals surface area contributed by atoms with Crippen LogP contribution in [0.1, 0.15) is 31.4 Å². The third-order valence-electron chi connectivity index (χ3n) is 4.35. The molecule has 2 aromatic rings. The van der Waals surface area contributed by atoms with Crippen LogP contribution in [0.5, 0.6) is 11.5 Å². The van der Waals surface area contributed by atoms with E-state index in [0.29, 0.717) is 19.4 Å². The zero-order chi connectivity index (χ0) is 17.6. The van der Waals surface area contributed by atoms with Crippen molar-refractivity contribution in [1.29, 1.82) is 0 Å². The minimum absolute atomic E-state index is 0.0127. The number of hydrogen-bond acceptors (Lipinski definition) is 3. The third-order valence-corrected chi connectivity index (χ3v) is 4.35. The molecule has 0 radical (unpaired) electrons. The Bertz CT molecular complexity index is 736. The van der Waals surface area contributed by atoms with Crippen molar-refractivity contribution in [3.63, 3.8) is 0 Å². The highest BCUT2D eigenvalue weighted by Crippen LogP contribution is 2.29. The Balaban J connectivity index is 1.68. The van der Waals surface area contributed by atoms with Crippen molar-refractivity contribution in [3.05, 3.63) is 60.2 Å². The van der Waals surface area contributed by atoms with Gasteiger partial charge in [-0.1, -0.05) is 36.4 Å². The monoisotopic (exact) mass is 338 g/mol. The molecule has 25 heavy (non-hydrogen) atoms. The number of hydrogen-bond donors (Lipinski definition) is 2. The van der Waals surface area contributed by atoms with Gasteiger partial charge in [-0.3, -0.25) is 9.59 Å². The van der Waals surface area contributed by atoms with Crippen LogP contribution in [0.4, 0.5) is 0 Å². The number of rotatable bonds is 5. The van der Waals surface area contributed by atoms with E-state index in [1.54, 1.807) is 0 Å². The molecule has 5 nitrogen and oxygen atoms in total. The molecule has 2 atom stereocenters. The molecule has 1 heterocycles. The predicted octanol–water partition coefficient (Wildman–Crippen LogP) is 3.18. The molecular weight excluding hydrogens is 316 g/mol. The maximum absolute atomic E-state index is 12.5. The maximum atomic E-state index is 12.5. The van der Waals surface area contributed by atoms with E-state index >= 15 is 0 Å². The van der Waals surface area contributed by atoms with Crippen molar-refractivity contribution < 1.29 is 14.3 Å². The molecule has 130 valence electrons. The summed E-state index contributed by atoms with van der Waals surface area (Å²) >= 11 is 0. The van der Waals surface area contributed by atoms with Gasteiger partial charge in [-0.15, -0.1) is 0 Å². The molecule has 2 N–H and O–H groups in total. The van der Waals surface area contributed by atoms with Crippen molar-refractivity contribution in [1.82, 2.24) is 10.6 Å². The van der Waals surface area contributed by atoms with Crippen LogP contribution in [-0.2, 0) is 9.59 Å². The van der Waals surface area contributed by atoms with Gasteiger partial charge in [-0.25, -0.2) is 0 Å². The van der Waals surface area contributed by atoms with Gasteiger partial charge < -0.3 is 15.4 Å². The fraction of sp³-hybridized carbons (Fsp3) is 0.300. The average Bonchev–Trinajstić information content (AvgIpc) is 2.63. The topological polar surface area (TPSA) is 67.4 Å². The molecule has 1 fully saturated rings. The zero-order valence-electron chi connectivity index (χ0n) is 14.2. The highest BCUT2D eigenvalue weighted by molar-refractivity contribution is 5.84. The number of carbonyl (C=O) groups excluding carboxylic acids is 2. The van der Waals surface area contributed by atoms with Crippen molar-refractivity contribution in [3.8, 4) is 11.5 Å². The molecule has 3 rings (SSSR count). The summed E-state index contributed by atoms with van der Waals surface area (Å²) in [5.41, 5.74) is 0.916. The molecule has 1 saturated heterocycles. The van der Waals surface area contributed by atoms with Crippen LogP contribution in [0.15, 0.2) is 54.6 Å². The van der Waals surface area contributed by atoms with E-state index in [1.807, 2.05) is 61.5 Å². The summed E-state index contributed by atoms with van der Waals surface area (Å²) in [6, 6.07) is 17.0. The van der Waals surface area contributed by atoms with Crippen molar-refractivity contribution in [2.75, 3.05) is 6.54 Å². The first-order chi connectivity index (χ1) is 12.1. The minimum atomic E-state index is -0.190. The van der Waals surface area contributed by atoms with Crippen LogP contribution in [0.25, 0.3) is 0 Å². The standard InChI is InChI=1S/C20H22N2O3/c1-14(22-20(24)15-11-12-19(23)21-13-15)17-9-5-6-10-18(17)25-16-7-3-2-4-8-16/h2-10,14-15H,11-13H2,1H3,(H,21,23)(H,22,24)/t14-,15+/m1/s1. The quantitative estimate of drug-likeness (QED) is 0.880. The number of para-hydroxylation sites is 2. The molecule has 0 spiro atoms. The molecule has 5 heteroatoms. The molecule has 0 unspecified atom stereocenters. The smallest absolute Gasteiger partial charge is 0.225 e. The number of carbonyl (C=O) groups is 2. The van der Waals surface area contributed by atoms with E-state index in [2.05, 4.69) is 10.6 Å². The van der Waals surface area contributed by atoms with E-state index in [-0.39, 0.29) is 23.8 Å². The van der Waals surface area contributed by atoms with Gasteiger partial charge in [0.05, 0.1) is 12.0 Å². The summed E-state index contributed by atoms with van der Waals surface area (Å²) in [5.74, 6) is 1.27. The fourth-order valence-corrected chi connectivity index (χ4v) is 2.91. The number of ether oxygens (including phenoxy) is 1. The maximum Gasteiger partial charge on any atom is 0.225 e. The minimum Gasteiger partial charge on any atom is -0.457 e. The van der Waals surface area contributed by atoms with Gasteiger partial charge >= 0.3 is 0 Å². The lowest BCUT2D eigenvalue weighted by molar-refractivity contribution is -0.129. The van der Waals surface area contributed by atoms with Gasteiger partial charge in [0.1, 0.15) is 11.5 Å². The molecule has 1 aliphatic rings. The molecular formula is C20H22N2O3. The Kier molecular flexibility index (Phi) is 5.33. The van der Waals surface area contributed by atoms with E-state index in [9.17, 15) is 9.59 Å². The molecule has 0 saturated carbocycles. The third kappa shape index (κ3) is 4.38. The Labute approximate surface area is 147 Å². The SMILES string of the molecule is C[C@@H](NC(=O)[C@H]1CCC(=O)NC1)c1ccccc1Oc1ccccc1. The van der Waals surface area contributed by atoms with E-state index in [0.717, 1.165) is 17.1 Å². The Hall–Kier alpha value is -2.82. The van der Waals surface area contributed by atoms with E-state index in [4.69, 9.17) is 4.74 Å². The summed E-state index contributed by atoms with van der Waals surface area (Å²) in [6.45, 7) is 2.34. The zero-order valence-corrected chi connectivity index (χ0v) is 14.2. The predicted molar refractivity (Wildman–Crippen MR) is 95.2 cm³/mol. The summed E-state index contributed by atoms with van der Waals surface area (Å²) in [5, 5.41) is 5.78. The molecule has 2 amide bonds. The van der Waals surface area contributed by atoms with Crippen LogP contribution in [0.2, 0.25) is 0 Å². The van der Waals surface area contributed by atoms with Crippen molar-refractivity contribution >= 4 is 11.8 Å². The highest BCUT2D eigenvalue weighted by Gasteiger charge is 2.26.